The summed E-state index contributed by atoms with van der Waals surface area (Å²) in [6.45, 7) is 4.86. The zero-order chi connectivity index (χ0) is 20.8. The van der Waals surface area contributed by atoms with Crippen LogP contribution in [0.2, 0.25) is 0 Å². The maximum absolute atomic E-state index is 12.2. The van der Waals surface area contributed by atoms with Gasteiger partial charge in [0.15, 0.2) is 5.11 Å². The molecule has 1 aliphatic rings. The largest absolute Gasteiger partial charge is 0.331 e. The Bertz CT molecular complexity index is 912. The molecule has 1 saturated heterocycles. The Hall–Kier alpha value is -2.93. The predicted molar refractivity (Wildman–Crippen MR) is 120 cm³/mol. The van der Waals surface area contributed by atoms with Crippen LogP contribution in [0.15, 0.2) is 42.5 Å². The van der Waals surface area contributed by atoms with Crippen LogP contribution in [0.5, 0.6) is 0 Å². The number of benzene rings is 2. The summed E-state index contributed by atoms with van der Waals surface area (Å²) in [7, 11) is 0. The minimum Gasteiger partial charge on any atom is -0.331 e. The molecule has 3 rings (SSSR count). The Morgan fingerprint density at radius 3 is 2.55 bits per heavy atom. The third-order valence-corrected chi connectivity index (χ3v) is 5.18. The Morgan fingerprint density at radius 1 is 1.14 bits per heavy atom. The van der Waals surface area contributed by atoms with Gasteiger partial charge in [-0.3, -0.25) is 20.4 Å². The van der Waals surface area contributed by atoms with Crippen LogP contribution in [-0.2, 0) is 22.4 Å². The summed E-state index contributed by atoms with van der Waals surface area (Å²) in [6, 6.07) is 13.6. The van der Waals surface area contributed by atoms with Gasteiger partial charge in [-0.2, -0.15) is 0 Å². The summed E-state index contributed by atoms with van der Waals surface area (Å²) in [5.41, 5.74) is 10.4. The number of amides is 2. The van der Waals surface area contributed by atoms with E-state index in [-0.39, 0.29) is 18.2 Å². The highest BCUT2D eigenvalue weighted by Gasteiger charge is 2.21. The summed E-state index contributed by atoms with van der Waals surface area (Å²) < 4.78 is 0. The van der Waals surface area contributed by atoms with Crippen LogP contribution in [0.25, 0.3) is 0 Å². The molecular weight excluding hydrogens is 384 g/mol. The number of nitrogens with zero attached hydrogens (tertiary/aromatic N) is 1. The number of nitrogens with one attached hydrogen (secondary N) is 3. The number of hydrazine groups is 1. The molecule has 3 N–H and O–H groups in total. The average Bonchev–Trinajstić information content (AvgIpc) is 3.14. The number of carbonyl (C=O) groups excluding carboxylic acids is 2. The van der Waals surface area contributed by atoms with Crippen molar-refractivity contribution in [3.63, 3.8) is 0 Å². The fourth-order valence-electron chi connectivity index (χ4n) is 3.42. The minimum absolute atomic E-state index is 0.153. The van der Waals surface area contributed by atoms with Crippen molar-refractivity contribution in [1.29, 1.82) is 0 Å². The molecule has 0 bridgehead atoms. The lowest BCUT2D eigenvalue weighted by Gasteiger charge is -2.17. The van der Waals surface area contributed by atoms with E-state index in [1.165, 1.54) is 0 Å². The summed E-state index contributed by atoms with van der Waals surface area (Å²) in [5.74, 6) is -0.0414. The summed E-state index contributed by atoms with van der Waals surface area (Å²) in [4.78, 5) is 25.8. The molecule has 0 aromatic heterocycles. The third-order valence-electron chi connectivity index (χ3n) is 4.98. The van der Waals surface area contributed by atoms with Crippen molar-refractivity contribution in [3.8, 4) is 0 Å². The van der Waals surface area contributed by atoms with Gasteiger partial charge >= 0.3 is 0 Å². The Labute approximate surface area is 176 Å². The molecule has 1 heterocycles. The summed E-state index contributed by atoms with van der Waals surface area (Å²) >= 11 is 5.30. The zero-order valence-corrected chi connectivity index (χ0v) is 17.6. The highest BCUT2D eigenvalue weighted by molar-refractivity contribution is 7.80. The van der Waals surface area contributed by atoms with Crippen LogP contribution in [0.1, 0.15) is 36.5 Å². The average molecular weight is 411 g/mol. The minimum atomic E-state index is -0.195. The molecule has 0 aliphatic carbocycles. The van der Waals surface area contributed by atoms with Gasteiger partial charge in [-0.1, -0.05) is 37.3 Å². The molecule has 2 aromatic rings. The van der Waals surface area contributed by atoms with Gasteiger partial charge in [-0.15, -0.1) is 0 Å². The Kier molecular flexibility index (Phi) is 6.82. The van der Waals surface area contributed by atoms with Crippen molar-refractivity contribution in [2.45, 2.75) is 39.5 Å². The van der Waals surface area contributed by atoms with Gasteiger partial charge in [0.2, 0.25) is 11.8 Å². The molecule has 7 heteroatoms. The molecule has 0 atom stereocenters. The number of hydrogen-bond donors (Lipinski definition) is 3. The number of carbonyl (C=O) groups is 2. The monoisotopic (exact) mass is 410 g/mol. The molecule has 152 valence electrons. The molecule has 2 aromatic carbocycles. The molecule has 0 saturated carbocycles. The summed E-state index contributed by atoms with van der Waals surface area (Å²) in [6.07, 6.45) is 2.60. The number of hydrogen-bond acceptors (Lipinski definition) is 3. The molecule has 0 radical (unpaired) electrons. The van der Waals surface area contributed by atoms with Gasteiger partial charge in [0.05, 0.1) is 6.42 Å². The number of thiocarbonyl (C=S) groups is 1. The number of rotatable bonds is 5. The van der Waals surface area contributed by atoms with E-state index in [1.54, 1.807) is 4.90 Å². The van der Waals surface area contributed by atoms with Gasteiger partial charge in [-0.25, -0.2) is 0 Å². The lowest BCUT2D eigenvalue weighted by atomic mass is 10.1. The molecule has 2 amide bonds. The third kappa shape index (κ3) is 5.32. The lowest BCUT2D eigenvalue weighted by Crippen LogP contribution is -2.44. The molecule has 29 heavy (non-hydrogen) atoms. The quantitative estimate of drug-likeness (QED) is 0.521. The topological polar surface area (TPSA) is 73.5 Å². The standard InChI is InChI=1S/C22H26N4O2S/c1-3-17-7-4-6-15(2)21(17)23-22(29)25-24-19(27)14-16-9-11-18(12-10-16)26-13-5-8-20(26)28/h4,6-7,9-12H,3,5,8,13-14H2,1-2H3,(H,24,27)(H2,23,25,29). The van der Waals surface area contributed by atoms with Crippen molar-refractivity contribution >= 4 is 40.5 Å². The second-order valence-electron chi connectivity index (χ2n) is 7.08. The van der Waals surface area contributed by atoms with Crippen molar-refractivity contribution in [3.05, 3.63) is 59.2 Å². The first kappa shape index (κ1) is 20.8. The maximum atomic E-state index is 12.2. The fraction of sp³-hybridized carbons (Fsp3) is 0.318. The van der Waals surface area contributed by atoms with Gasteiger partial charge in [-0.05, 0) is 60.8 Å². The van der Waals surface area contributed by atoms with E-state index in [2.05, 4.69) is 29.2 Å². The van der Waals surface area contributed by atoms with Crippen LogP contribution in [0.3, 0.4) is 0 Å². The number of aryl methyl sites for hydroxylation is 2. The van der Waals surface area contributed by atoms with Crippen LogP contribution in [0, 0.1) is 6.92 Å². The van der Waals surface area contributed by atoms with Crippen molar-refractivity contribution < 1.29 is 9.59 Å². The Balaban J connectivity index is 1.50. The van der Waals surface area contributed by atoms with Crippen LogP contribution < -0.4 is 21.1 Å². The maximum Gasteiger partial charge on any atom is 0.242 e. The molecule has 1 fully saturated rings. The summed E-state index contributed by atoms with van der Waals surface area (Å²) in [5, 5.41) is 3.50. The van der Waals surface area contributed by atoms with E-state index in [0.29, 0.717) is 11.5 Å². The second kappa shape index (κ2) is 9.52. The van der Waals surface area contributed by atoms with Crippen LogP contribution in [-0.4, -0.2) is 23.5 Å². The molecule has 1 aliphatic heterocycles. The highest BCUT2D eigenvalue weighted by Crippen LogP contribution is 2.22. The van der Waals surface area contributed by atoms with E-state index < -0.39 is 0 Å². The van der Waals surface area contributed by atoms with E-state index in [1.807, 2.05) is 43.3 Å². The molecule has 6 nitrogen and oxygen atoms in total. The molecular formula is C22H26N4O2S. The normalized spacial score (nSPS) is 13.3. The first-order chi connectivity index (χ1) is 14.0. The van der Waals surface area contributed by atoms with E-state index >= 15 is 0 Å². The van der Waals surface area contributed by atoms with E-state index in [4.69, 9.17) is 12.2 Å². The van der Waals surface area contributed by atoms with E-state index in [0.717, 1.165) is 47.5 Å². The number of para-hydroxylation sites is 1. The lowest BCUT2D eigenvalue weighted by molar-refractivity contribution is -0.121. The van der Waals surface area contributed by atoms with Crippen molar-refractivity contribution in [1.82, 2.24) is 10.9 Å². The zero-order valence-electron chi connectivity index (χ0n) is 16.7. The van der Waals surface area contributed by atoms with Gasteiger partial charge in [0.25, 0.3) is 0 Å². The first-order valence-corrected chi connectivity index (χ1v) is 10.2. The molecule has 0 spiro atoms. The van der Waals surface area contributed by atoms with Gasteiger partial charge in [0, 0.05) is 24.3 Å². The molecule has 0 unspecified atom stereocenters. The van der Waals surface area contributed by atoms with E-state index in [9.17, 15) is 9.59 Å². The second-order valence-corrected chi connectivity index (χ2v) is 7.49. The van der Waals surface area contributed by atoms with Crippen molar-refractivity contribution in [2.75, 3.05) is 16.8 Å². The Morgan fingerprint density at radius 2 is 1.90 bits per heavy atom. The van der Waals surface area contributed by atoms with Gasteiger partial charge in [0.1, 0.15) is 0 Å². The van der Waals surface area contributed by atoms with Crippen LogP contribution >= 0.6 is 12.2 Å². The number of anilines is 2. The SMILES string of the molecule is CCc1cccc(C)c1NC(=S)NNC(=O)Cc1ccc(N2CCCC2=O)cc1. The van der Waals surface area contributed by atoms with Crippen LogP contribution in [0.4, 0.5) is 11.4 Å². The van der Waals surface area contributed by atoms with Gasteiger partial charge < -0.3 is 10.2 Å². The fourth-order valence-corrected chi connectivity index (χ4v) is 3.57. The predicted octanol–water partition coefficient (Wildman–Crippen LogP) is 3.24. The highest BCUT2D eigenvalue weighted by atomic mass is 32.1. The smallest absolute Gasteiger partial charge is 0.242 e. The first-order valence-electron chi connectivity index (χ1n) is 9.81. The van der Waals surface area contributed by atoms with Crippen molar-refractivity contribution in [2.24, 2.45) is 0 Å².